The number of hydrogen-bond donors (Lipinski definition) is 2. The van der Waals surface area contributed by atoms with Crippen molar-refractivity contribution >= 4 is 34.3 Å². The molecule has 2 heterocycles. The van der Waals surface area contributed by atoms with Gasteiger partial charge in [-0.25, -0.2) is 9.37 Å². The summed E-state index contributed by atoms with van der Waals surface area (Å²) in [6, 6.07) is 12.0. The van der Waals surface area contributed by atoms with Gasteiger partial charge in [0.05, 0.1) is 0 Å². The first kappa shape index (κ1) is 26.1. The van der Waals surface area contributed by atoms with Crippen molar-refractivity contribution in [1.29, 1.82) is 0 Å². The van der Waals surface area contributed by atoms with E-state index in [0.717, 1.165) is 16.8 Å². The molecule has 0 bridgehead atoms. The normalized spacial score (nSPS) is 12.1. The lowest BCUT2D eigenvalue weighted by Crippen LogP contribution is -2.21. The number of primary amides is 1. The largest absolute Gasteiger partial charge is 0.483 e. The second-order valence-corrected chi connectivity index (χ2v) is 10.1. The van der Waals surface area contributed by atoms with Gasteiger partial charge < -0.3 is 20.0 Å². The number of hydrogen-bond acceptors (Lipinski definition) is 6. The number of halogens is 1. The van der Waals surface area contributed by atoms with E-state index in [1.165, 1.54) is 22.6 Å². The Morgan fingerprint density at radius 2 is 1.84 bits per heavy atom. The number of pyridine rings is 1. The van der Waals surface area contributed by atoms with Crippen molar-refractivity contribution in [3.63, 3.8) is 0 Å². The Hall–Kier alpha value is -3.96. The van der Waals surface area contributed by atoms with Crippen LogP contribution < -0.4 is 20.0 Å². The maximum Gasteiger partial charge on any atom is 0.290 e. The molecule has 1 amide bonds. The zero-order valence-corrected chi connectivity index (χ0v) is 22.0. The van der Waals surface area contributed by atoms with Crippen LogP contribution in [0.25, 0.3) is 16.9 Å². The van der Waals surface area contributed by atoms with Gasteiger partial charge in [-0.2, -0.15) is 8.51 Å². The molecule has 0 aliphatic carbocycles. The van der Waals surface area contributed by atoms with Crippen LogP contribution in [0.2, 0.25) is 0 Å². The van der Waals surface area contributed by atoms with E-state index in [4.69, 9.17) is 19.6 Å². The summed E-state index contributed by atoms with van der Waals surface area (Å²) >= 11 is -1.74. The maximum atomic E-state index is 14.3. The molecule has 1 unspecified atom stereocenters. The number of benzene rings is 2. The van der Waals surface area contributed by atoms with E-state index in [1.54, 1.807) is 30.6 Å². The first-order chi connectivity index (χ1) is 17.5. The summed E-state index contributed by atoms with van der Waals surface area (Å²) in [5.41, 5.74) is 10.4. The molecular formula is C26H28FN5O4S. The molecule has 4 aromatic rings. The van der Waals surface area contributed by atoms with Gasteiger partial charge in [0.25, 0.3) is 17.2 Å². The second-order valence-electron chi connectivity index (χ2n) is 8.76. The Morgan fingerprint density at radius 3 is 2.49 bits per heavy atom. The Morgan fingerprint density at radius 1 is 1.14 bits per heavy atom. The molecule has 2 aromatic heterocycles. The molecule has 9 nitrogen and oxygen atoms in total. The van der Waals surface area contributed by atoms with Crippen molar-refractivity contribution in [2.75, 3.05) is 26.0 Å². The molecule has 0 aliphatic rings. The lowest BCUT2D eigenvalue weighted by molar-refractivity contribution is -0.119. The minimum absolute atomic E-state index is 0.248. The van der Waals surface area contributed by atoms with Gasteiger partial charge in [0.1, 0.15) is 34.5 Å². The number of aromatic nitrogens is 2. The molecule has 37 heavy (non-hydrogen) atoms. The van der Waals surface area contributed by atoms with Crippen molar-refractivity contribution in [3.05, 3.63) is 71.2 Å². The van der Waals surface area contributed by atoms with E-state index >= 15 is 0 Å². The standard InChI is InChI=1S/C26H28FN5O4S/c1-15-7-6-8-16(2)24(15)30-26-25(29-22-10-9-18(27)13-32(22)26)23-17(3)11-19(36-37(34)31(4)5)12-20(23)35-14-21(28)33/h6-13,30H,14H2,1-5H3,(H2,28,33). The average Bonchev–Trinajstić information content (AvgIpc) is 3.16. The zero-order chi connectivity index (χ0) is 26.9. The van der Waals surface area contributed by atoms with Crippen LogP contribution in [-0.2, 0) is 16.1 Å². The Labute approximate surface area is 216 Å². The number of nitrogens with one attached hydrogen (secondary N) is 1. The Bertz CT molecular complexity index is 1500. The molecule has 1 atom stereocenters. The highest BCUT2D eigenvalue weighted by Gasteiger charge is 2.23. The van der Waals surface area contributed by atoms with Gasteiger partial charge >= 0.3 is 0 Å². The summed E-state index contributed by atoms with van der Waals surface area (Å²) in [6.45, 7) is 5.37. The minimum Gasteiger partial charge on any atom is -0.483 e. The SMILES string of the molecule is Cc1cccc(C)c1Nc1c(-c2c(C)cc(OS(=O)N(C)C)cc2OCC(N)=O)nc2ccc(F)cn12. The quantitative estimate of drug-likeness (QED) is 0.339. The number of amides is 1. The predicted octanol–water partition coefficient (Wildman–Crippen LogP) is 4.19. The number of para-hydroxylation sites is 1. The highest BCUT2D eigenvalue weighted by Crippen LogP contribution is 2.42. The van der Waals surface area contributed by atoms with E-state index in [9.17, 15) is 13.4 Å². The number of ether oxygens (including phenoxy) is 1. The first-order valence-corrected chi connectivity index (χ1v) is 12.4. The summed E-state index contributed by atoms with van der Waals surface area (Å²) in [4.78, 5) is 16.3. The third-order valence-electron chi connectivity index (χ3n) is 5.65. The number of anilines is 2. The summed E-state index contributed by atoms with van der Waals surface area (Å²) in [5.74, 6) is -0.0788. The number of nitrogens with two attached hydrogens (primary N) is 1. The molecule has 0 fully saturated rings. The van der Waals surface area contributed by atoms with Crippen LogP contribution >= 0.6 is 0 Å². The fourth-order valence-corrected chi connectivity index (χ4v) is 4.35. The van der Waals surface area contributed by atoms with Crippen LogP contribution in [0, 0.1) is 26.6 Å². The van der Waals surface area contributed by atoms with Gasteiger partial charge in [-0.15, -0.1) is 0 Å². The van der Waals surface area contributed by atoms with E-state index in [0.29, 0.717) is 28.3 Å². The van der Waals surface area contributed by atoms with Crippen molar-refractivity contribution in [1.82, 2.24) is 13.7 Å². The van der Waals surface area contributed by atoms with Crippen LogP contribution in [0.15, 0.2) is 48.7 Å². The van der Waals surface area contributed by atoms with Crippen LogP contribution in [0.4, 0.5) is 15.9 Å². The summed E-state index contributed by atoms with van der Waals surface area (Å²) in [6.07, 6.45) is 1.35. The number of aryl methyl sites for hydroxylation is 3. The summed E-state index contributed by atoms with van der Waals surface area (Å²) in [7, 11) is 3.23. The monoisotopic (exact) mass is 525 g/mol. The van der Waals surface area contributed by atoms with E-state index < -0.39 is 29.6 Å². The second kappa shape index (κ2) is 10.6. The Balaban J connectivity index is 1.95. The molecule has 0 saturated heterocycles. The van der Waals surface area contributed by atoms with Crippen molar-refractivity contribution < 1.29 is 22.3 Å². The molecule has 194 valence electrons. The average molecular weight is 526 g/mol. The van der Waals surface area contributed by atoms with Crippen LogP contribution in [0.3, 0.4) is 0 Å². The fourth-order valence-electron chi connectivity index (χ4n) is 3.94. The van der Waals surface area contributed by atoms with Crippen molar-refractivity contribution in [2.45, 2.75) is 20.8 Å². The zero-order valence-electron chi connectivity index (χ0n) is 21.2. The lowest BCUT2D eigenvalue weighted by atomic mass is 10.0. The third-order valence-corrected chi connectivity index (χ3v) is 6.58. The molecule has 0 radical (unpaired) electrons. The number of rotatable bonds is 9. The molecule has 3 N–H and O–H groups in total. The predicted molar refractivity (Wildman–Crippen MR) is 142 cm³/mol. The summed E-state index contributed by atoms with van der Waals surface area (Å²) < 4.78 is 40.9. The number of nitrogens with zero attached hydrogens (tertiary/aromatic N) is 3. The van der Waals surface area contributed by atoms with Crippen molar-refractivity contribution in [2.24, 2.45) is 5.73 Å². The van der Waals surface area contributed by atoms with Crippen LogP contribution in [0.1, 0.15) is 16.7 Å². The molecular weight excluding hydrogens is 497 g/mol. The Kier molecular flexibility index (Phi) is 7.46. The topological polar surface area (TPSA) is 111 Å². The van der Waals surface area contributed by atoms with Gasteiger partial charge in [-0.1, -0.05) is 18.2 Å². The van der Waals surface area contributed by atoms with E-state index in [2.05, 4.69) is 5.32 Å². The van der Waals surface area contributed by atoms with Gasteiger partial charge in [-0.3, -0.25) is 9.20 Å². The molecule has 11 heteroatoms. The van der Waals surface area contributed by atoms with Crippen LogP contribution in [-0.4, -0.2) is 44.5 Å². The van der Waals surface area contributed by atoms with Crippen LogP contribution in [0.5, 0.6) is 11.5 Å². The van der Waals surface area contributed by atoms with Crippen molar-refractivity contribution in [3.8, 4) is 22.8 Å². The van der Waals surface area contributed by atoms with Gasteiger partial charge in [0.15, 0.2) is 6.61 Å². The van der Waals surface area contributed by atoms with Gasteiger partial charge in [-0.05, 0) is 55.7 Å². The van der Waals surface area contributed by atoms with Gasteiger partial charge in [0, 0.05) is 37.6 Å². The molecule has 4 rings (SSSR count). The molecule has 0 spiro atoms. The smallest absolute Gasteiger partial charge is 0.290 e. The van der Waals surface area contributed by atoms with E-state index in [1.807, 2.05) is 39.0 Å². The van der Waals surface area contributed by atoms with Gasteiger partial charge in [0.2, 0.25) is 0 Å². The lowest BCUT2D eigenvalue weighted by Gasteiger charge is -2.18. The number of carbonyl (C=O) groups excluding carboxylic acids is 1. The molecule has 0 aliphatic heterocycles. The number of carbonyl (C=O) groups is 1. The summed E-state index contributed by atoms with van der Waals surface area (Å²) in [5, 5.41) is 3.44. The highest BCUT2D eigenvalue weighted by molar-refractivity contribution is 7.78. The maximum absolute atomic E-state index is 14.3. The molecule has 2 aromatic carbocycles. The van der Waals surface area contributed by atoms with E-state index in [-0.39, 0.29) is 11.5 Å². The minimum atomic E-state index is -1.74. The highest BCUT2D eigenvalue weighted by atomic mass is 32.2. The third kappa shape index (κ3) is 5.57. The number of imidazole rings is 1. The molecule has 0 saturated carbocycles. The fraction of sp³-hybridized carbons (Fsp3) is 0.231. The first-order valence-electron chi connectivity index (χ1n) is 11.4. The number of fused-ring (bicyclic) bond motifs is 1.